The van der Waals surface area contributed by atoms with Crippen LogP contribution in [0.15, 0.2) is 59.6 Å². The molecule has 6 heteroatoms. The van der Waals surface area contributed by atoms with Crippen molar-refractivity contribution in [2.45, 2.75) is 18.6 Å². The molecular weight excluding hydrogens is 441 g/mol. The third-order valence-electron chi connectivity index (χ3n) is 4.35. The van der Waals surface area contributed by atoms with E-state index in [2.05, 4.69) is 33.8 Å². The number of para-hydroxylation sites is 1. The number of hydrogen-bond acceptors (Lipinski definition) is 3. The standard InChI is InChI=1S/C20H25N3O2.HI/c1-21-20(23-14-19(24-2)15-8-4-3-5-9-15)22-13-17-12-16-10-6-7-11-18(16)25-17;/h3-11,17,19H,12-14H2,1-2H3,(H2,21,22,23);1H. The smallest absolute Gasteiger partial charge is 0.191 e. The molecule has 0 radical (unpaired) electrons. The van der Waals surface area contributed by atoms with Crippen molar-refractivity contribution in [3.63, 3.8) is 0 Å². The molecule has 0 saturated heterocycles. The zero-order valence-corrected chi connectivity index (χ0v) is 17.5. The van der Waals surface area contributed by atoms with Crippen molar-refractivity contribution in [3.8, 4) is 5.75 Å². The van der Waals surface area contributed by atoms with E-state index in [1.54, 1.807) is 14.2 Å². The molecule has 3 rings (SSSR count). The highest BCUT2D eigenvalue weighted by atomic mass is 127. The number of methoxy groups -OCH3 is 1. The molecule has 1 aliphatic heterocycles. The minimum absolute atomic E-state index is 0. The zero-order valence-electron chi connectivity index (χ0n) is 15.1. The van der Waals surface area contributed by atoms with Crippen molar-refractivity contribution in [1.82, 2.24) is 10.6 Å². The van der Waals surface area contributed by atoms with Gasteiger partial charge in [-0.3, -0.25) is 4.99 Å². The van der Waals surface area contributed by atoms with E-state index >= 15 is 0 Å². The van der Waals surface area contributed by atoms with Gasteiger partial charge in [-0.25, -0.2) is 0 Å². The highest BCUT2D eigenvalue weighted by molar-refractivity contribution is 14.0. The lowest BCUT2D eigenvalue weighted by Gasteiger charge is -2.20. The molecule has 0 spiro atoms. The molecular formula is C20H26IN3O2. The lowest BCUT2D eigenvalue weighted by atomic mass is 10.1. The third-order valence-corrected chi connectivity index (χ3v) is 4.35. The number of rotatable bonds is 6. The molecule has 0 saturated carbocycles. The second-order valence-electron chi connectivity index (χ2n) is 6.02. The first kappa shape index (κ1) is 20.5. The van der Waals surface area contributed by atoms with Crippen LogP contribution in [0.5, 0.6) is 5.75 Å². The molecule has 0 fully saturated rings. The number of benzene rings is 2. The summed E-state index contributed by atoms with van der Waals surface area (Å²) in [6.07, 6.45) is 1.03. The van der Waals surface area contributed by atoms with E-state index in [4.69, 9.17) is 9.47 Å². The summed E-state index contributed by atoms with van der Waals surface area (Å²) in [5, 5.41) is 6.66. The summed E-state index contributed by atoms with van der Waals surface area (Å²) in [5.41, 5.74) is 2.41. The van der Waals surface area contributed by atoms with E-state index in [0.717, 1.165) is 23.7 Å². The van der Waals surface area contributed by atoms with Gasteiger partial charge in [0.15, 0.2) is 5.96 Å². The van der Waals surface area contributed by atoms with Crippen LogP contribution >= 0.6 is 24.0 Å². The SMILES string of the molecule is CN=C(NCC1Cc2ccccc2O1)NCC(OC)c1ccccc1.I. The summed E-state index contributed by atoms with van der Waals surface area (Å²) in [6.45, 7) is 1.35. The minimum Gasteiger partial charge on any atom is -0.488 e. The van der Waals surface area contributed by atoms with Crippen molar-refractivity contribution < 1.29 is 9.47 Å². The molecule has 0 bridgehead atoms. The van der Waals surface area contributed by atoms with E-state index in [9.17, 15) is 0 Å². The van der Waals surface area contributed by atoms with Crippen molar-refractivity contribution in [2.24, 2.45) is 4.99 Å². The number of halogens is 1. The van der Waals surface area contributed by atoms with E-state index in [1.165, 1.54) is 5.56 Å². The van der Waals surface area contributed by atoms with Gasteiger partial charge in [0.1, 0.15) is 11.9 Å². The van der Waals surface area contributed by atoms with Crippen LogP contribution < -0.4 is 15.4 Å². The monoisotopic (exact) mass is 467 g/mol. The number of ether oxygens (including phenoxy) is 2. The van der Waals surface area contributed by atoms with Crippen molar-refractivity contribution in [3.05, 3.63) is 65.7 Å². The molecule has 0 aliphatic carbocycles. The Kier molecular flexibility index (Phi) is 8.18. The highest BCUT2D eigenvalue weighted by Crippen LogP contribution is 2.27. The van der Waals surface area contributed by atoms with E-state index in [-0.39, 0.29) is 36.2 Å². The van der Waals surface area contributed by atoms with Gasteiger partial charge >= 0.3 is 0 Å². The minimum atomic E-state index is -0.0215. The molecule has 1 heterocycles. The molecule has 1 aliphatic rings. The van der Waals surface area contributed by atoms with E-state index in [0.29, 0.717) is 13.1 Å². The largest absolute Gasteiger partial charge is 0.488 e. The summed E-state index contributed by atoms with van der Waals surface area (Å²) in [6, 6.07) is 18.4. The molecule has 2 N–H and O–H groups in total. The van der Waals surface area contributed by atoms with Crippen LogP contribution in [0.25, 0.3) is 0 Å². The van der Waals surface area contributed by atoms with Crippen LogP contribution in [0.1, 0.15) is 17.2 Å². The second-order valence-corrected chi connectivity index (χ2v) is 6.02. The molecule has 2 atom stereocenters. The van der Waals surface area contributed by atoms with Crippen molar-refractivity contribution >= 4 is 29.9 Å². The van der Waals surface area contributed by atoms with Gasteiger partial charge in [0, 0.05) is 27.1 Å². The normalized spacial score (nSPS) is 16.8. The Balaban J connectivity index is 0.00000243. The number of hydrogen-bond donors (Lipinski definition) is 2. The van der Waals surface area contributed by atoms with Crippen LogP contribution in [-0.2, 0) is 11.2 Å². The summed E-state index contributed by atoms with van der Waals surface area (Å²) < 4.78 is 11.5. The summed E-state index contributed by atoms with van der Waals surface area (Å²) in [5.74, 6) is 1.73. The highest BCUT2D eigenvalue weighted by Gasteiger charge is 2.22. The fourth-order valence-corrected chi connectivity index (χ4v) is 2.99. The maximum atomic E-state index is 5.95. The number of guanidine groups is 1. The molecule has 2 unspecified atom stereocenters. The van der Waals surface area contributed by atoms with Gasteiger partial charge in [0.25, 0.3) is 0 Å². The van der Waals surface area contributed by atoms with Crippen LogP contribution in [0, 0.1) is 0 Å². The van der Waals surface area contributed by atoms with Gasteiger partial charge in [-0.1, -0.05) is 48.5 Å². The first-order chi connectivity index (χ1) is 12.3. The lowest BCUT2D eigenvalue weighted by Crippen LogP contribution is -2.43. The van der Waals surface area contributed by atoms with Gasteiger partial charge in [-0.05, 0) is 17.2 Å². The maximum absolute atomic E-state index is 5.95. The predicted molar refractivity (Wildman–Crippen MR) is 116 cm³/mol. The molecule has 26 heavy (non-hydrogen) atoms. The summed E-state index contributed by atoms with van der Waals surface area (Å²) in [4.78, 5) is 4.28. The summed E-state index contributed by atoms with van der Waals surface area (Å²) >= 11 is 0. The topological polar surface area (TPSA) is 54.9 Å². The Morgan fingerprint density at radius 3 is 2.58 bits per heavy atom. The van der Waals surface area contributed by atoms with E-state index in [1.807, 2.05) is 36.4 Å². The van der Waals surface area contributed by atoms with Crippen LogP contribution in [0.3, 0.4) is 0 Å². The fraction of sp³-hybridized carbons (Fsp3) is 0.350. The second kappa shape index (κ2) is 10.4. The van der Waals surface area contributed by atoms with Gasteiger partial charge in [0.2, 0.25) is 0 Å². The number of nitrogens with one attached hydrogen (secondary N) is 2. The van der Waals surface area contributed by atoms with Crippen LogP contribution in [0.4, 0.5) is 0 Å². The quantitative estimate of drug-likeness (QED) is 0.390. The van der Waals surface area contributed by atoms with Gasteiger partial charge in [0.05, 0.1) is 12.6 Å². The zero-order chi connectivity index (χ0) is 17.5. The lowest BCUT2D eigenvalue weighted by molar-refractivity contribution is 0.106. The van der Waals surface area contributed by atoms with Crippen LogP contribution in [0.2, 0.25) is 0 Å². The van der Waals surface area contributed by atoms with E-state index < -0.39 is 0 Å². The first-order valence-electron chi connectivity index (χ1n) is 8.57. The Morgan fingerprint density at radius 2 is 1.88 bits per heavy atom. The molecule has 5 nitrogen and oxygen atoms in total. The summed E-state index contributed by atoms with van der Waals surface area (Å²) in [7, 11) is 3.49. The predicted octanol–water partition coefficient (Wildman–Crippen LogP) is 3.16. The number of nitrogens with zero attached hydrogens (tertiary/aromatic N) is 1. The number of aliphatic imine (C=N–C) groups is 1. The molecule has 2 aromatic rings. The van der Waals surface area contributed by atoms with Gasteiger partial charge in [-0.15, -0.1) is 24.0 Å². The van der Waals surface area contributed by atoms with Crippen molar-refractivity contribution in [2.75, 3.05) is 27.2 Å². The average Bonchev–Trinajstić information content (AvgIpc) is 3.08. The molecule has 140 valence electrons. The Bertz CT molecular complexity index is 684. The molecule has 0 amide bonds. The van der Waals surface area contributed by atoms with Gasteiger partial charge in [-0.2, -0.15) is 0 Å². The third kappa shape index (κ3) is 5.35. The van der Waals surface area contributed by atoms with Crippen molar-refractivity contribution in [1.29, 1.82) is 0 Å². The average molecular weight is 467 g/mol. The first-order valence-corrected chi connectivity index (χ1v) is 8.57. The van der Waals surface area contributed by atoms with Gasteiger partial charge < -0.3 is 20.1 Å². The fourth-order valence-electron chi connectivity index (χ4n) is 2.99. The number of fused-ring (bicyclic) bond motifs is 1. The molecule has 2 aromatic carbocycles. The molecule has 0 aromatic heterocycles. The Morgan fingerprint density at radius 1 is 1.15 bits per heavy atom. The maximum Gasteiger partial charge on any atom is 0.191 e. The Labute approximate surface area is 172 Å². The van der Waals surface area contributed by atoms with Crippen LogP contribution in [-0.4, -0.2) is 39.3 Å². The Hall–Kier alpha value is -1.80.